The standard InChI is InChI=1S/C17H17NO/c1-2-7-17(18)15-10-6-11-16(12-15)19-13-14-8-4-3-5-9-14/h1,3-6,8-12,17H,7,13,18H2. The minimum absolute atomic E-state index is 0.134. The number of ether oxygens (including phenoxy) is 1. The van der Waals surface area contributed by atoms with Crippen LogP contribution in [0.5, 0.6) is 5.75 Å². The first-order valence-electron chi connectivity index (χ1n) is 6.25. The summed E-state index contributed by atoms with van der Waals surface area (Å²) in [4.78, 5) is 0. The van der Waals surface area contributed by atoms with Crippen LogP contribution in [0.3, 0.4) is 0 Å². The fourth-order valence-electron chi connectivity index (χ4n) is 1.82. The fraction of sp³-hybridized carbons (Fsp3) is 0.176. The van der Waals surface area contributed by atoms with Crippen molar-refractivity contribution >= 4 is 0 Å². The molecule has 0 aliphatic carbocycles. The van der Waals surface area contributed by atoms with Gasteiger partial charge in [-0.25, -0.2) is 0 Å². The van der Waals surface area contributed by atoms with Crippen molar-refractivity contribution < 1.29 is 4.74 Å². The molecule has 2 rings (SSSR count). The summed E-state index contributed by atoms with van der Waals surface area (Å²) in [5.41, 5.74) is 8.13. The first-order valence-corrected chi connectivity index (χ1v) is 6.25. The largest absolute Gasteiger partial charge is 0.489 e. The molecule has 19 heavy (non-hydrogen) atoms. The van der Waals surface area contributed by atoms with E-state index < -0.39 is 0 Å². The van der Waals surface area contributed by atoms with Crippen molar-refractivity contribution in [1.29, 1.82) is 0 Å². The molecule has 0 saturated carbocycles. The highest BCUT2D eigenvalue weighted by Gasteiger charge is 2.05. The van der Waals surface area contributed by atoms with Gasteiger partial charge in [-0.3, -0.25) is 0 Å². The molecule has 0 saturated heterocycles. The predicted molar refractivity (Wildman–Crippen MR) is 77.6 cm³/mol. The van der Waals surface area contributed by atoms with E-state index in [1.807, 2.05) is 54.6 Å². The lowest BCUT2D eigenvalue weighted by Gasteiger charge is -2.11. The molecule has 0 aromatic heterocycles. The lowest BCUT2D eigenvalue weighted by molar-refractivity contribution is 0.305. The molecule has 2 nitrogen and oxygen atoms in total. The van der Waals surface area contributed by atoms with Gasteiger partial charge < -0.3 is 10.5 Å². The third kappa shape index (κ3) is 3.87. The quantitative estimate of drug-likeness (QED) is 0.828. The average molecular weight is 251 g/mol. The van der Waals surface area contributed by atoms with Crippen molar-refractivity contribution in [3.8, 4) is 18.1 Å². The van der Waals surface area contributed by atoms with Gasteiger partial charge in [0.2, 0.25) is 0 Å². The molecule has 96 valence electrons. The second-order valence-corrected chi connectivity index (χ2v) is 4.36. The van der Waals surface area contributed by atoms with Gasteiger partial charge in [0.05, 0.1) is 0 Å². The van der Waals surface area contributed by atoms with Crippen LogP contribution < -0.4 is 10.5 Å². The summed E-state index contributed by atoms with van der Waals surface area (Å²) >= 11 is 0. The zero-order valence-corrected chi connectivity index (χ0v) is 10.8. The summed E-state index contributed by atoms with van der Waals surface area (Å²) in [5, 5.41) is 0. The second-order valence-electron chi connectivity index (χ2n) is 4.36. The van der Waals surface area contributed by atoms with Crippen molar-refractivity contribution in [3.63, 3.8) is 0 Å². The molecule has 0 amide bonds. The first kappa shape index (κ1) is 13.2. The maximum Gasteiger partial charge on any atom is 0.120 e. The van der Waals surface area contributed by atoms with Crippen LogP contribution in [0.2, 0.25) is 0 Å². The normalized spacial score (nSPS) is 11.6. The molecule has 2 aromatic carbocycles. The van der Waals surface area contributed by atoms with Gasteiger partial charge in [-0.2, -0.15) is 0 Å². The fourth-order valence-corrected chi connectivity index (χ4v) is 1.82. The minimum Gasteiger partial charge on any atom is -0.489 e. The zero-order valence-electron chi connectivity index (χ0n) is 10.8. The van der Waals surface area contributed by atoms with Crippen LogP contribution in [0.4, 0.5) is 0 Å². The molecule has 2 aromatic rings. The number of terminal acetylenes is 1. The molecule has 0 heterocycles. The van der Waals surface area contributed by atoms with Crippen molar-refractivity contribution in [3.05, 3.63) is 65.7 Å². The number of nitrogens with two attached hydrogens (primary N) is 1. The minimum atomic E-state index is -0.134. The monoisotopic (exact) mass is 251 g/mol. The Kier molecular flexibility index (Phi) is 4.60. The second kappa shape index (κ2) is 6.63. The molecule has 0 spiro atoms. The molecule has 0 aliphatic rings. The smallest absolute Gasteiger partial charge is 0.120 e. The highest BCUT2D eigenvalue weighted by Crippen LogP contribution is 2.20. The molecule has 0 fully saturated rings. The van der Waals surface area contributed by atoms with E-state index in [0.717, 1.165) is 16.9 Å². The molecular formula is C17H17NO. The Morgan fingerprint density at radius 2 is 1.89 bits per heavy atom. The van der Waals surface area contributed by atoms with Crippen LogP contribution in [-0.2, 0) is 6.61 Å². The summed E-state index contributed by atoms with van der Waals surface area (Å²) < 4.78 is 5.75. The number of rotatable bonds is 5. The summed E-state index contributed by atoms with van der Waals surface area (Å²) in [7, 11) is 0. The van der Waals surface area contributed by atoms with E-state index in [9.17, 15) is 0 Å². The van der Waals surface area contributed by atoms with Crippen molar-refractivity contribution in [1.82, 2.24) is 0 Å². The zero-order chi connectivity index (χ0) is 13.5. The van der Waals surface area contributed by atoms with Gasteiger partial charge in [0.15, 0.2) is 0 Å². The average Bonchev–Trinajstić information content (AvgIpc) is 2.47. The molecular weight excluding hydrogens is 234 g/mol. The van der Waals surface area contributed by atoms with E-state index in [4.69, 9.17) is 16.9 Å². The summed E-state index contributed by atoms with van der Waals surface area (Å²) in [5.74, 6) is 3.39. The predicted octanol–water partition coefficient (Wildman–Crippen LogP) is 3.29. The van der Waals surface area contributed by atoms with Crippen LogP contribution in [-0.4, -0.2) is 0 Å². The molecule has 2 N–H and O–H groups in total. The van der Waals surface area contributed by atoms with Crippen LogP contribution in [0.25, 0.3) is 0 Å². The van der Waals surface area contributed by atoms with E-state index in [0.29, 0.717) is 13.0 Å². The van der Waals surface area contributed by atoms with Gasteiger partial charge >= 0.3 is 0 Å². The summed E-state index contributed by atoms with van der Waals surface area (Å²) in [6, 6.07) is 17.7. The Bertz CT molecular complexity index is 557. The summed E-state index contributed by atoms with van der Waals surface area (Å²) in [6.07, 6.45) is 5.81. The van der Waals surface area contributed by atoms with Crippen LogP contribution >= 0.6 is 0 Å². The van der Waals surface area contributed by atoms with Gasteiger partial charge in [0.25, 0.3) is 0 Å². The van der Waals surface area contributed by atoms with Gasteiger partial charge in [-0.1, -0.05) is 42.5 Å². The molecule has 2 heteroatoms. The van der Waals surface area contributed by atoms with E-state index in [1.165, 1.54) is 0 Å². The Morgan fingerprint density at radius 3 is 2.63 bits per heavy atom. The van der Waals surface area contributed by atoms with E-state index in [2.05, 4.69) is 5.92 Å². The number of hydrogen-bond acceptors (Lipinski definition) is 2. The third-order valence-electron chi connectivity index (χ3n) is 2.87. The maximum atomic E-state index is 5.98. The van der Waals surface area contributed by atoms with Gasteiger partial charge in [0, 0.05) is 12.5 Å². The van der Waals surface area contributed by atoms with Crippen LogP contribution in [0, 0.1) is 12.3 Å². The Morgan fingerprint density at radius 1 is 1.11 bits per heavy atom. The maximum absolute atomic E-state index is 5.98. The molecule has 0 bridgehead atoms. The van der Waals surface area contributed by atoms with Gasteiger partial charge in [-0.15, -0.1) is 12.3 Å². The highest BCUT2D eigenvalue weighted by atomic mass is 16.5. The van der Waals surface area contributed by atoms with Crippen LogP contribution in [0.1, 0.15) is 23.6 Å². The lowest BCUT2D eigenvalue weighted by atomic mass is 10.1. The topological polar surface area (TPSA) is 35.2 Å². The van der Waals surface area contributed by atoms with E-state index in [-0.39, 0.29) is 6.04 Å². The van der Waals surface area contributed by atoms with Gasteiger partial charge in [0.1, 0.15) is 12.4 Å². The van der Waals surface area contributed by atoms with Crippen molar-refractivity contribution in [2.24, 2.45) is 5.73 Å². The van der Waals surface area contributed by atoms with Gasteiger partial charge in [-0.05, 0) is 23.3 Å². The molecule has 1 unspecified atom stereocenters. The van der Waals surface area contributed by atoms with Crippen molar-refractivity contribution in [2.45, 2.75) is 19.1 Å². The Balaban J connectivity index is 2.01. The highest BCUT2D eigenvalue weighted by molar-refractivity contribution is 5.31. The molecule has 1 atom stereocenters. The van der Waals surface area contributed by atoms with Crippen molar-refractivity contribution in [2.75, 3.05) is 0 Å². The first-order chi connectivity index (χ1) is 9.29. The summed E-state index contributed by atoms with van der Waals surface area (Å²) in [6.45, 7) is 0.550. The number of benzene rings is 2. The SMILES string of the molecule is C#CCC(N)c1cccc(OCc2ccccc2)c1. The van der Waals surface area contributed by atoms with E-state index in [1.54, 1.807) is 0 Å². The van der Waals surface area contributed by atoms with E-state index >= 15 is 0 Å². The third-order valence-corrected chi connectivity index (χ3v) is 2.87. The van der Waals surface area contributed by atoms with Crippen LogP contribution in [0.15, 0.2) is 54.6 Å². The lowest BCUT2D eigenvalue weighted by Crippen LogP contribution is -2.09. The molecule has 0 aliphatic heterocycles. The number of hydrogen-bond donors (Lipinski definition) is 1. The Labute approximate surface area is 114 Å². The molecule has 0 radical (unpaired) electrons. The Hall–Kier alpha value is -2.24.